The van der Waals surface area contributed by atoms with Gasteiger partial charge in [0.2, 0.25) is 0 Å². The van der Waals surface area contributed by atoms with Crippen LogP contribution in [0.5, 0.6) is 0 Å². The van der Waals surface area contributed by atoms with Crippen molar-refractivity contribution in [3.63, 3.8) is 0 Å². The third-order valence-electron chi connectivity index (χ3n) is 2.84. The summed E-state index contributed by atoms with van der Waals surface area (Å²) < 4.78 is 0. The Hall–Kier alpha value is -2.12. The van der Waals surface area contributed by atoms with E-state index in [0.717, 1.165) is 23.4 Å². The first-order chi connectivity index (χ1) is 9.90. The number of carbonyl (C=O) groups excluding carboxylic acids is 1. The molecule has 2 aromatic rings. The van der Waals surface area contributed by atoms with Crippen molar-refractivity contribution in [2.24, 2.45) is 0 Å². The van der Waals surface area contributed by atoms with Crippen LogP contribution in [0.25, 0.3) is 0 Å². The van der Waals surface area contributed by atoms with Gasteiger partial charge in [0.15, 0.2) is 0 Å². The quantitative estimate of drug-likeness (QED) is 0.665. The molecule has 7 nitrogen and oxygen atoms in total. The molecule has 1 aromatic heterocycles. The number of amides is 1. The molecule has 110 valence electrons. The van der Waals surface area contributed by atoms with Crippen molar-refractivity contribution in [2.75, 3.05) is 0 Å². The summed E-state index contributed by atoms with van der Waals surface area (Å²) in [5.74, 6) is -0.550. The first kappa shape index (κ1) is 15.3. The third kappa shape index (κ3) is 3.32. The van der Waals surface area contributed by atoms with Gasteiger partial charge in [-0.05, 0) is 6.92 Å². The maximum absolute atomic E-state index is 12.1. The Morgan fingerprint density at radius 1 is 1.48 bits per heavy atom. The average Bonchev–Trinajstić information content (AvgIpc) is 2.84. The zero-order chi connectivity index (χ0) is 15.6. The molecule has 2 N–H and O–H groups in total. The van der Waals surface area contributed by atoms with Gasteiger partial charge in [0.1, 0.15) is 0 Å². The highest BCUT2D eigenvalue weighted by atomic mass is 35.5. The smallest absolute Gasteiger partial charge is 0.271 e. The van der Waals surface area contributed by atoms with E-state index >= 15 is 0 Å². The predicted octanol–water partition coefficient (Wildman–Crippen LogP) is 2.86. The molecule has 9 heteroatoms. The first-order valence-corrected chi connectivity index (χ1v) is 6.56. The summed E-state index contributed by atoms with van der Waals surface area (Å²) >= 11 is 11.7. The van der Waals surface area contributed by atoms with E-state index in [2.05, 4.69) is 15.5 Å². The number of nitro groups is 1. The van der Waals surface area contributed by atoms with Crippen molar-refractivity contribution in [1.29, 1.82) is 0 Å². The zero-order valence-corrected chi connectivity index (χ0v) is 12.3. The molecule has 0 radical (unpaired) electrons. The number of hydrogen-bond donors (Lipinski definition) is 2. The number of H-pyrrole nitrogens is 1. The number of hydrogen-bond acceptors (Lipinski definition) is 4. The van der Waals surface area contributed by atoms with Crippen molar-refractivity contribution in [3.05, 3.63) is 55.3 Å². The first-order valence-electron chi connectivity index (χ1n) is 5.80. The van der Waals surface area contributed by atoms with E-state index in [9.17, 15) is 14.9 Å². The summed E-state index contributed by atoms with van der Waals surface area (Å²) in [6.45, 7) is 2.03. The largest absolute Gasteiger partial charge is 0.348 e. The number of halogens is 2. The van der Waals surface area contributed by atoms with Crippen LogP contribution in [0.4, 0.5) is 5.69 Å². The third-order valence-corrected chi connectivity index (χ3v) is 3.64. The molecule has 1 aromatic carbocycles. The highest BCUT2D eigenvalue weighted by Crippen LogP contribution is 2.30. The zero-order valence-electron chi connectivity index (χ0n) is 10.8. The second kappa shape index (κ2) is 6.11. The van der Waals surface area contributed by atoms with Gasteiger partial charge in [0.25, 0.3) is 11.6 Å². The Kier molecular flexibility index (Phi) is 4.44. The molecule has 0 aliphatic rings. The molecule has 21 heavy (non-hydrogen) atoms. The summed E-state index contributed by atoms with van der Waals surface area (Å²) in [6.07, 6.45) is 1.58. The fourth-order valence-corrected chi connectivity index (χ4v) is 2.08. The number of aryl methyl sites for hydroxylation is 1. The van der Waals surface area contributed by atoms with Crippen LogP contribution in [-0.4, -0.2) is 21.0 Å². The SMILES string of the molecule is Cc1[nH]ncc1CNC(=O)c1cc([N+](=O)[O-])cc(Cl)c1Cl. The highest BCUT2D eigenvalue weighted by Gasteiger charge is 2.19. The van der Waals surface area contributed by atoms with Crippen LogP contribution >= 0.6 is 23.2 Å². The predicted molar refractivity (Wildman–Crippen MR) is 77.6 cm³/mol. The van der Waals surface area contributed by atoms with Crippen molar-refractivity contribution in [2.45, 2.75) is 13.5 Å². The minimum Gasteiger partial charge on any atom is -0.348 e. The van der Waals surface area contributed by atoms with Gasteiger partial charge in [-0.2, -0.15) is 5.10 Å². The molecule has 0 aliphatic heterocycles. The van der Waals surface area contributed by atoms with E-state index in [1.54, 1.807) is 6.20 Å². The van der Waals surface area contributed by atoms with Crippen LogP contribution in [0.2, 0.25) is 10.0 Å². The van der Waals surface area contributed by atoms with Crippen molar-refractivity contribution >= 4 is 34.8 Å². The average molecular weight is 329 g/mol. The van der Waals surface area contributed by atoms with Crippen molar-refractivity contribution < 1.29 is 9.72 Å². The number of aromatic amines is 1. The maximum Gasteiger partial charge on any atom is 0.271 e. The fraction of sp³-hybridized carbons (Fsp3) is 0.167. The van der Waals surface area contributed by atoms with Crippen molar-refractivity contribution in [1.82, 2.24) is 15.5 Å². The molecular weight excluding hydrogens is 319 g/mol. The summed E-state index contributed by atoms with van der Waals surface area (Å²) in [5.41, 5.74) is 1.28. The van der Waals surface area contributed by atoms with Gasteiger partial charge < -0.3 is 5.32 Å². The Labute approximate surface area is 129 Å². The van der Waals surface area contributed by atoms with Crippen LogP contribution < -0.4 is 5.32 Å². The summed E-state index contributed by atoms with van der Waals surface area (Å²) in [7, 11) is 0. The molecule has 2 rings (SSSR count). The van der Waals surface area contributed by atoms with Crippen LogP contribution in [0.15, 0.2) is 18.3 Å². The second-order valence-corrected chi connectivity index (χ2v) is 5.03. The van der Waals surface area contributed by atoms with Gasteiger partial charge in [-0.1, -0.05) is 23.2 Å². The Morgan fingerprint density at radius 2 is 2.19 bits per heavy atom. The molecule has 1 amide bonds. The number of benzene rings is 1. The summed E-state index contributed by atoms with van der Waals surface area (Å²) in [4.78, 5) is 22.2. The summed E-state index contributed by atoms with van der Waals surface area (Å²) in [5, 5.41) is 19.9. The molecule has 0 unspecified atom stereocenters. The van der Waals surface area contributed by atoms with Gasteiger partial charge in [-0.15, -0.1) is 0 Å². The van der Waals surface area contributed by atoms with E-state index in [0.29, 0.717) is 0 Å². The lowest BCUT2D eigenvalue weighted by molar-refractivity contribution is -0.384. The van der Waals surface area contributed by atoms with E-state index in [1.807, 2.05) is 6.92 Å². The Balaban J connectivity index is 2.22. The van der Waals surface area contributed by atoms with Gasteiger partial charge in [0, 0.05) is 29.9 Å². The number of nitrogens with zero attached hydrogens (tertiary/aromatic N) is 2. The van der Waals surface area contributed by atoms with Crippen LogP contribution in [0, 0.1) is 17.0 Å². The summed E-state index contributed by atoms with van der Waals surface area (Å²) in [6, 6.07) is 2.19. The number of non-ortho nitro benzene ring substituents is 1. The van der Waals surface area contributed by atoms with E-state index in [1.165, 1.54) is 0 Å². The molecule has 0 fully saturated rings. The monoisotopic (exact) mass is 328 g/mol. The standard InChI is InChI=1S/C12H10Cl2N4O3/c1-6-7(5-16-17-6)4-15-12(19)9-2-8(18(20)21)3-10(13)11(9)14/h2-3,5H,4H2,1H3,(H,15,19)(H,16,17). The molecule has 0 aliphatic carbocycles. The van der Waals surface area contributed by atoms with E-state index in [-0.39, 0.29) is 27.8 Å². The molecular formula is C12H10Cl2N4O3. The molecule has 0 bridgehead atoms. The highest BCUT2D eigenvalue weighted by molar-refractivity contribution is 6.44. The lowest BCUT2D eigenvalue weighted by Gasteiger charge is -2.07. The Bertz CT molecular complexity index is 715. The molecule has 1 heterocycles. The van der Waals surface area contributed by atoms with Crippen molar-refractivity contribution in [3.8, 4) is 0 Å². The lowest BCUT2D eigenvalue weighted by atomic mass is 10.1. The molecule has 0 saturated carbocycles. The lowest BCUT2D eigenvalue weighted by Crippen LogP contribution is -2.23. The van der Waals surface area contributed by atoms with E-state index in [4.69, 9.17) is 23.2 Å². The number of aromatic nitrogens is 2. The van der Waals surface area contributed by atoms with Crippen LogP contribution in [0.1, 0.15) is 21.6 Å². The van der Waals surface area contributed by atoms with Crippen LogP contribution in [0.3, 0.4) is 0 Å². The fourth-order valence-electron chi connectivity index (χ4n) is 1.67. The van der Waals surface area contributed by atoms with Gasteiger partial charge >= 0.3 is 0 Å². The normalized spacial score (nSPS) is 10.4. The van der Waals surface area contributed by atoms with Gasteiger partial charge in [-0.25, -0.2) is 0 Å². The minimum absolute atomic E-state index is 0.0244. The maximum atomic E-state index is 12.1. The number of carbonyl (C=O) groups is 1. The topological polar surface area (TPSA) is 101 Å². The van der Waals surface area contributed by atoms with Gasteiger partial charge in [-0.3, -0.25) is 20.0 Å². The van der Waals surface area contributed by atoms with Gasteiger partial charge in [0.05, 0.1) is 26.7 Å². The second-order valence-electron chi connectivity index (χ2n) is 4.25. The molecule has 0 spiro atoms. The molecule has 0 saturated heterocycles. The number of nitrogens with one attached hydrogen (secondary N) is 2. The van der Waals surface area contributed by atoms with E-state index < -0.39 is 10.8 Å². The Morgan fingerprint density at radius 3 is 2.76 bits per heavy atom. The molecule has 0 atom stereocenters. The number of rotatable bonds is 4. The minimum atomic E-state index is -0.640. The van der Waals surface area contributed by atoms with Crippen LogP contribution in [-0.2, 0) is 6.54 Å². The number of nitro benzene ring substituents is 1.